The summed E-state index contributed by atoms with van der Waals surface area (Å²) in [5.74, 6) is -0.0117. The second-order valence-corrected chi connectivity index (χ2v) is 7.29. The first kappa shape index (κ1) is 16.4. The molecule has 0 bridgehead atoms. The smallest absolute Gasteiger partial charge is 0.255 e. The van der Waals surface area contributed by atoms with E-state index in [1.807, 2.05) is 42.5 Å². The van der Waals surface area contributed by atoms with Crippen LogP contribution in [0.3, 0.4) is 0 Å². The normalized spacial score (nSPS) is 19.8. The number of para-hydroxylation sites is 1. The van der Waals surface area contributed by atoms with Crippen molar-refractivity contribution in [3.63, 3.8) is 0 Å². The Hall–Kier alpha value is -2.42. The summed E-state index contributed by atoms with van der Waals surface area (Å²) >= 11 is 0. The molecule has 1 aliphatic carbocycles. The first-order valence-electron chi connectivity index (χ1n) is 8.44. The Balaban J connectivity index is 1.88. The first-order valence-corrected chi connectivity index (χ1v) is 8.44. The van der Waals surface area contributed by atoms with E-state index in [0.29, 0.717) is 12.0 Å². The van der Waals surface area contributed by atoms with E-state index in [-0.39, 0.29) is 23.0 Å². The number of ketones is 1. The van der Waals surface area contributed by atoms with Crippen molar-refractivity contribution in [1.29, 1.82) is 0 Å². The second-order valence-electron chi connectivity index (χ2n) is 7.29. The molecule has 1 unspecified atom stereocenters. The van der Waals surface area contributed by atoms with Gasteiger partial charge < -0.3 is 5.32 Å². The van der Waals surface area contributed by atoms with E-state index in [2.05, 4.69) is 19.2 Å². The van der Waals surface area contributed by atoms with Gasteiger partial charge in [-0.1, -0.05) is 50.2 Å². The number of hydrogen-bond acceptors (Lipinski definition) is 2. The van der Waals surface area contributed by atoms with Gasteiger partial charge in [0.15, 0.2) is 0 Å². The lowest BCUT2D eigenvalue weighted by atomic mass is 9.69. The summed E-state index contributed by atoms with van der Waals surface area (Å²) in [6.45, 7) is 4.41. The highest BCUT2D eigenvalue weighted by Gasteiger charge is 2.35. The monoisotopic (exact) mass is 321 g/mol. The van der Waals surface area contributed by atoms with E-state index in [1.54, 1.807) is 12.1 Å². The SMILES string of the molecule is CC1(C)CCC(=O)C(c2ccccc2NC(=O)c2ccccc2)C1. The lowest BCUT2D eigenvalue weighted by Gasteiger charge is -2.35. The third kappa shape index (κ3) is 3.56. The molecule has 3 nitrogen and oxygen atoms in total. The number of amides is 1. The molecule has 1 atom stereocenters. The van der Waals surface area contributed by atoms with Crippen LogP contribution >= 0.6 is 0 Å². The molecule has 3 heteroatoms. The van der Waals surface area contributed by atoms with Crippen molar-refractivity contribution < 1.29 is 9.59 Å². The van der Waals surface area contributed by atoms with Gasteiger partial charge >= 0.3 is 0 Å². The largest absolute Gasteiger partial charge is 0.322 e. The maximum absolute atomic E-state index is 12.5. The number of carbonyl (C=O) groups excluding carboxylic acids is 2. The van der Waals surface area contributed by atoms with Crippen LogP contribution in [-0.4, -0.2) is 11.7 Å². The molecule has 2 aromatic carbocycles. The minimum atomic E-state index is -0.148. The molecule has 0 saturated heterocycles. The third-order valence-electron chi connectivity index (χ3n) is 4.81. The molecule has 0 spiro atoms. The van der Waals surface area contributed by atoms with Crippen molar-refractivity contribution in [3.05, 3.63) is 65.7 Å². The van der Waals surface area contributed by atoms with Crippen molar-refractivity contribution in [1.82, 2.24) is 0 Å². The van der Waals surface area contributed by atoms with Crippen LogP contribution < -0.4 is 5.32 Å². The first-order chi connectivity index (χ1) is 11.5. The van der Waals surface area contributed by atoms with Crippen molar-refractivity contribution in [2.24, 2.45) is 5.41 Å². The van der Waals surface area contributed by atoms with Gasteiger partial charge in [0.1, 0.15) is 5.78 Å². The zero-order valence-electron chi connectivity index (χ0n) is 14.2. The molecule has 3 rings (SSSR count). The highest BCUT2D eigenvalue weighted by molar-refractivity contribution is 6.05. The molecule has 0 radical (unpaired) electrons. The summed E-state index contributed by atoms with van der Waals surface area (Å²) in [6, 6.07) is 16.8. The fourth-order valence-electron chi connectivity index (χ4n) is 3.39. The molecule has 24 heavy (non-hydrogen) atoms. The third-order valence-corrected chi connectivity index (χ3v) is 4.81. The quantitative estimate of drug-likeness (QED) is 0.882. The summed E-state index contributed by atoms with van der Waals surface area (Å²) < 4.78 is 0. The predicted molar refractivity (Wildman–Crippen MR) is 96.2 cm³/mol. The lowest BCUT2D eigenvalue weighted by molar-refractivity contribution is -0.123. The van der Waals surface area contributed by atoms with Gasteiger partial charge in [-0.15, -0.1) is 0 Å². The van der Waals surface area contributed by atoms with Crippen molar-refractivity contribution in [2.45, 2.75) is 39.0 Å². The van der Waals surface area contributed by atoms with E-state index in [4.69, 9.17) is 0 Å². The van der Waals surface area contributed by atoms with Gasteiger partial charge in [0, 0.05) is 23.6 Å². The molecule has 1 fully saturated rings. The Morgan fingerprint density at radius 2 is 1.71 bits per heavy atom. The molecular formula is C21H23NO2. The Bertz CT molecular complexity index is 749. The standard InChI is InChI=1S/C21H23NO2/c1-21(2)13-12-19(23)17(14-21)16-10-6-7-11-18(16)22-20(24)15-8-4-3-5-9-15/h3-11,17H,12-14H2,1-2H3,(H,22,24). The van der Waals surface area contributed by atoms with Crippen molar-refractivity contribution >= 4 is 17.4 Å². The summed E-state index contributed by atoms with van der Waals surface area (Å²) in [4.78, 5) is 24.9. The summed E-state index contributed by atoms with van der Waals surface area (Å²) in [6.07, 6.45) is 2.36. The van der Waals surface area contributed by atoms with E-state index in [1.165, 1.54) is 0 Å². The van der Waals surface area contributed by atoms with Gasteiger partial charge in [-0.2, -0.15) is 0 Å². The van der Waals surface area contributed by atoms with Gasteiger partial charge in [0.05, 0.1) is 0 Å². The van der Waals surface area contributed by atoms with E-state index >= 15 is 0 Å². The summed E-state index contributed by atoms with van der Waals surface area (Å²) in [5.41, 5.74) is 2.43. The number of rotatable bonds is 3. The van der Waals surface area contributed by atoms with Gasteiger partial charge in [-0.05, 0) is 42.0 Å². The number of nitrogens with one attached hydrogen (secondary N) is 1. The molecule has 0 heterocycles. The second kappa shape index (κ2) is 6.60. The minimum Gasteiger partial charge on any atom is -0.322 e. The number of anilines is 1. The summed E-state index contributed by atoms with van der Waals surface area (Å²) in [7, 11) is 0. The molecular weight excluding hydrogens is 298 g/mol. The minimum absolute atomic E-state index is 0.138. The summed E-state index contributed by atoms with van der Waals surface area (Å²) in [5, 5.41) is 2.98. The van der Waals surface area contributed by atoms with Crippen molar-refractivity contribution in [2.75, 3.05) is 5.32 Å². The average molecular weight is 321 g/mol. The fraction of sp³-hybridized carbons (Fsp3) is 0.333. The van der Waals surface area contributed by atoms with Crippen molar-refractivity contribution in [3.8, 4) is 0 Å². The van der Waals surface area contributed by atoms with E-state index in [9.17, 15) is 9.59 Å². The van der Waals surface area contributed by atoms with Crippen LogP contribution in [0.1, 0.15) is 54.9 Å². The Morgan fingerprint density at radius 3 is 2.46 bits per heavy atom. The zero-order chi connectivity index (χ0) is 17.2. The van der Waals surface area contributed by atoms with Crippen LogP contribution in [0.15, 0.2) is 54.6 Å². The molecule has 124 valence electrons. The molecule has 1 N–H and O–H groups in total. The van der Waals surface area contributed by atoms with Gasteiger partial charge in [0.2, 0.25) is 0 Å². The van der Waals surface area contributed by atoms with Gasteiger partial charge in [-0.25, -0.2) is 0 Å². The highest BCUT2D eigenvalue weighted by atomic mass is 16.1. The molecule has 1 saturated carbocycles. The van der Waals surface area contributed by atoms with Crippen LogP contribution in [0.4, 0.5) is 5.69 Å². The topological polar surface area (TPSA) is 46.2 Å². The Labute approximate surface area is 143 Å². The van der Waals surface area contributed by atoms with Gasteiger partial charge in [-0.3, -0.25) is 9.59 Å². The van der Waals surface area contributed by atoms with Crippen LogP contribution in [0.25, 0.3) is 0 Å². The average Bonchev–Trinajstić information content (AvgIpc) is 2.58. The Morgan fingerprint density at radius 1 is 1.04 bits per heavy atom. The molecule has 2 aromatic rings. The van der Waals surface area contributed by atoms with E-state index in [0.717, 1.165) is 24.1 Å². The number of Topliss-reactive ketones (excluding diaryl/α,β-unsaturated/α-hetero) is 1. The van der Waals surface area contributed by atoms with Crippen LogP contribution in [0, 0.1) is 5.41 Å². The predicted octanol–water partition coefficient (Wildman–Crippen LogP) is 4.80. The molecule has 1 amide bonds. The number of benzene rings is 2. The zero-order valence-corrected chi connectivity index (χ0v) is 14.2. The number of carbonyl (C=O) groups is 2. The van der Waals surface area contributed by atoms with Crippen LogP contribution in [0.5, 0.6) is 0 Å². The molecule has 0 aliphatic heterocycles. The van der Waals surface area contributed by atoms with E-state index < -0.39 is 0 Å². The highest BCUT2D eigenvalue weighted by Crippen LogP contribution is 2.43. The maximum atomic E-state index is 12.5. The molecule has 0 aromatic heterocycles. The maximum Gasteiger partial charge on any atom is 0.255 e. The fourth-order valence-corrected chi connectivity index (χ4v) is 3.39. The number of hydrogen-bond donors (Lipinski definition) is 1. The van der Waals surface area contributed by atoms with Crippen LogP contribution in [0.2, 0.25) is 0 Å². The molecule has 1 aliphatic rings. The Kier molecular flexibility index (Phi) is 4.52. The van der Waals surface area contributed by atoms with Crippen LogP contribution in [-0.2, 0) is 4.79 Å². The lowest BCUT2D eigenvalue weighted by Crippen LogP contribution is -2.29. The van der Waals surface area contributed by atoms with Gasteiger partial charge in [0.25, 0.3) is 5.91 Å².